The number of amidine groups is 1. The summed E-state index contributed by atoms with van der Waals surface area (Å²) in [5, 5.41) is 17.7. The van der Waals surface area contributed by atoms with Crippen molar-refractivity contribution in [3.63, 3.8) is 0 Å². The molecule has 2 rings (SSSR count). The second-order valence-electron chi connectivity index (χ2n) is 5.03. The number of carbonyl (C=O) groups excluding carboxylic acids is 1. The summed E-state index contributed by atoms with van der Waals surface area (Å²) in [5.41, 5.74) is 0.0984. The fraction of sp³-hybridized carbons (Fsp3) is 0.400. The zero-order valence-electron chi connectivity index (χ0n) is 12.3. The van der Waals surface area contributed by atoms with Gasteiger partial charge in [0, 0.05) is 32.4 Å². The molecular formula is C15H20N4O2. The lowest BCUT2D eigenvalue weighted by atomic mass is 10.1. The monoisotopic (exact) mass is 288 g/mol. The van der Waals surface area contributed by atoms with E-state index in [1.807, 2.05) is 23.1 Å². The lowest BCUT2D eigenvalue weighted by Gasteiger charge is -2.37. The Hall–Kier alpha value is -2.37. The van der Waals surface area contributed by atoms with Gasteiger partial charge in [0.15, 0.2) is 5.78 Å². The first kappa shape index (κ1) is 15.0. The first-order valence-corrected chi connectivity index (χ1v) is 6.91. The van der Waals surface area contributed by atoms with E-state index in [1.165, 1.54) is 13.8 Å². The van der Waals surface area contributed by atoms with Crippen molar-refractivity contribution >= 4 is 17.4 Å². The first-order valence-electron chi connectivity index (χ1n) is 6.91. The van der Waals surface area contributed by atoms with Gasteiger partial charge in [-0.3, -0.25) is 10.2 Å². The number of carbonyl (C=O) groups is 1. The van der Waals surface area contributed by atoms with Gasteiger partial charge in [0.05, 0.1) is 5.57 Å². The normalized spacial score (nSPS) is 16.5. The van der Waals surface area contributed by atoms with Crippen molar-refractivity contribution in [1.29, 1.82) is 5.41 Å². The maximum atomic E-state index is 11.5. The second-order valence-corrected chi connectivity index (χ2v) is 5.03. The van der Waals surface area contributed by atoms with E-state index in [2.05, 4.69) is 9.88 Å². The van der Waals surface area contributed by atoms with Crippen molar-refractivity contribution in [2.24, 2.45) is 0 Å². The van der Waals surface area contributed by atoms with E-state index >= 15 is 0 Å². The highest BCUT2D eigenvalue weighted by molar-refractivity contribution is 6.19. The summed E-state index contributed by atoms with van der Waals surface area (Å²) >= 11 is 0. The lowest BCUT2D eigenvalue weighted by Crippen LogP contribution is -2.49. The summed E-state index contributed by atoms with van der Waals surface area (Å²) in [4.78, 5) is 19.8. The average Bonchev–Trinajstić information content (AvgIpc) is 2.47. The van der Waals surface area contributed by atoms with E-state index < -0.39 is 0 Å². The maximum Gasteiger partial charge on any atom is 0.166 e. The molecule has 6 nitrogen and oxygen atoms in total. The molecule has 1 aromatic heterocycles. The van der Waals surface area contributed by atoms with Crippen LogP contribution in [-0.4, -0.2) is 52.8 Å². The van der Waals surface area contributed by atoms with Gasteiger partial charge in [-0.25, -0.2) is 4.98 Å². The van der Waals surface area contributed by atoms with Crippen molar-refractivity contribution in [2.45, 2.75) is 13.8 Å². The van der Waals surface area contributed by atoms with E-state index in [9.17, 15) is 9.90 Å². The Bertz CT molecular complexity index is 556. The quantitative estimate of drug-likeness (QED) is 0.382. The van der Waals surface area contributed by atoms with Crippen LogP contribution in [0.3, 0.4) is 0 Å². The number of aliphatic hydroxyl groups excluding tert-OH is 1. The Morgan fingerprint density at radius 3 is 2.38 bits per heavy atom. The van der Waals surface area contributed by atoms with Crippen LogP contribution in [0.4, 0.5) is 5.82 Å². The first-order chi connectivity index (χ1) is 10.0. The van der Waals surface area contributed by atoms with E-state index in [4.69, 9.17) is 5.41 Å². The number of aliphatic hydroxyl groups is 1. The summed E-state index contributed by atoms with van der Waals surface area (Å²) in [6.45, 7) is 5.52. The molecule has 1 fully saturated rings. The third kappa shape index (κ3) is 3.39. The standard InChI is InChI=1S/C15H20N4O2/c1-11(20)14(12(2)21)15(16)19-9-7-18(8-10-19)13-5-3-4-6-17-13/h3-6,16,20H,7-10H2,1-2H3/b14-11-,16-15?. The molecule has 2 heterocycles. The molecule has 0 spiro atoms. The minimum absolute atomic E-state index is 0.0975. The molecule has 0 unspecified atom stereocenters. The average molecular weight is 288 g/mol. The molecule has 0 amide bonds. The number of aromatic nitrogens is 1. The Labute approximate surface area is 124 Å². The van der Waals surface area contributed by atoms with Crippen LogP contribution in [0.15, 0.2) is 35.7 Å². The van der Waals surface area contributed by atoms with Crippen LogP contribution < -0.4 is 4.90 Å². The number of nitrogens with zero attached hydrogens (tertiary/aromatic N) is 3. The van der Waals surface area contributed by atoms with Gasteiger partial charge in [0.25, 0.3) is 0 Å². The number of rotatable bonds is 3. The van der Waals surface area contributed by atoms with E-state index in [1.54, 1.807) is 6.20 Å². The van der Waals surface area contributed by atoms with Crippen LogP contribution in [-0.2, 0) is 4.79 Å². The molecular weight excluding hydrogens is 268 g/mol. The molecule has 1 aliphatic heterocycles. The van der Waals surface area contributed by atoms with Crippen LogP contribution in [0.1, 0.15) is 13.8 Å². The number of ketones is 1. The van der Waals surface area contributed by atoms with Crippen molar-refractivity contribution < 1.29 is 9.90 Å². The number of hydrogen-bond donors (Lipinski definition) is 2. The Balaban J connectivity index is 2.03. The van der Waals surface area contributed by atoms with E-state index in [0.29, 0.717) is 13.1 Å². The number of Topliss-reactive ketones (excluding diaryl/α,β-unsaturated/α-hetero) is 1. The molecule has 0 aliphatic carbocycles. The lowest BCUT2D eigenvalue weighted by molar-refractivity contribution is -0.113. The highest BCUT2D eigenvalue weighted by Gasteiger charge is 2.24. The Morgan fingerprint density at radius 1 is 1.24 bits per heavy atom. The molecule has 6 heteroatoms. The molecule has 1 saturated heterocycles. The number of hydrogen-bond acceptors (Lipinski definition) is 5. The molecule has 21 heavy (non-hydrogen) atoms. The smallest absolute Gasteiger partial charge is 0.166 e. The molecule has 0 bridgehead atoms. The molecule has 112 valence electrons. The number of allylic oxidation sites excluding steroid dienone is 1. The third-order valence-corrected chi connectivity index (χ3v) is 3.52. The minimum atomic E-state index is -0.285. The number of anilines is 1. The topological polar surface area (TPSA) is 80.5 Å². The molecule has 0 atom stereocenters. The van der Waals surface area contributed by atoms with Gasteiger partial charge in [-0.05, 0) is 26.0 Å². The Morgan fingerprint density at radius 2 is 1.90 bits per heavy atom. The predicted molar refractivity (Wildman–Crippen MR) is 81.8 cm³/mol. The van der Waals surface area contributed by atoms with E-state index in [-0.39, 0.29) is 23.0 Å². The highest BCUT2D eigenvalue weighted by atomic mass is 16.3. The van der Waals surface area contributed by atoms with Gasteiger partial charge in [-0.15, -0.1) is 0 Å². The van der Waals surface area contributed by atoms with Crippen molar-refractivity contribution in [3.05, 3.63) is 35.7 Å². The molecule has 0 aromatic carbocycles. The second kappa shape index (κ2) is 6.39. The summed E-state index contributed by atoms with van der Waals surface area (Å²) < 4.78 is 0. The van der Waals surface area contributed by atoms with Gasteiger partial charge in [-0.2, -0.15) is 0 Å². The summed E-state index contributed by atoms with van der Waals surface area (Å²) in [7, 11) is 0. The van der Waals surface area contributed by atoms with Crippen LogP contribution in [0.25, 0.3) is 0 Å². The number of piperazine rings is 1. The molecule has 0 radical (unpaired) electrons. The number of nitrogens with one attached hydrogen (secondary N) is 1. The molecule has 0 saturated carbocycles. The molecule has 1 aromatic rings. The largest absolute Gasteiger partial charge is 0.512 e. The molecule has 2 N–H and O–H groups in total. The van der Waals surface area contributed by atoms with Gasteiger partial charge < -0.3 is 14.9 Å². The fourth-order valence-electron chi connectivity index (χ4n) is 2.45. The third-order valence-electron chi connectivity index (χ3n) is 3.52. The number of pyridine rings is 1. The van der Waals surface area contributed by atoms with Crippen LogP contribution in [0, 0.1) is 5.41 Å². The zero-order valence-corrected chi connectivity index (χ0v) is 12.3. The SMILES string of the molecule is CC(=O)/C(C(=N)N1CCN(c2ccccn2)CC1)=C(\C)O. The predicted octanol–water partition coefficient (Wildman–Crippen LogP) is 1.60. The summed E-state index contributed by atoms with van der Waals surface area (Å²) in [6.07, 6.45) is 1.76. The zero-order chi connectivity index (χ0) is 15.4. The summed E-state index contributed by atoms with van der Waals surface area (Å²) in [6, 6.07) is 5.78. The van der Waals surface area contributed by atoms with Crippen molar-refractivity contribution in [2.75, 3.05) is 31.1 Å². The van der Waals surface area contributed by atoms with Gasteiger partial charge in [0.2, 0.25) is 0 Å². The summed E-state index contributed by atoms with van der Waals surface area (Å²) in [5.74, 6) is 0.638. The van der Waals surface area contributed by atoms with Crippen molar-refractivity contribution in [3.8, 4) is 0 Å². The van der Waals surface area contributed by atoms with Crippen LogP contribution in [0.5, 0.6) is 0 Å². The Kier molecular flexibility index (Phi) is 4.57. The van der Waals surface area contributed by atoms with Gasteiger partial charge in [-0.1, -0.05) is 6.07 Å². The fourth-order valence-corrected chi connectivity index (χ4v) is 2.45. The highest BCUT2D eigenvalue weighted by Crippen LogP contribution is 2.15. The van der Waals surface area contributed by atoms with Crippen LogP contribution in [0.2, 0.25) is 0 Å². The maximum absolute atomic E-state index is 11.5. The van der Waals surface area contributed by atoms with Gasteiger partial charge in [0.1, 0.15) is 17.4 Å². The van der Waals surface area contributed by atoms with Gasteiger partial charge >= 0.3 is 0 Å². The molecule has 1 aliphatic rings. The van der Waals surface area contributed by atoms with Crippen LogP contribution >= 0.6 is 0 Å². The van der Waals surface area contributed by atoms with Crippen molar-refractivity contribution in [1.82, 2.24) is 9.88 Å². The minimum Gasteiger partial charge on any atom is -0.512 e. The van der Waals surface area contributed by atoms with E-state index in [0.717, 1.165) is 18.9 Å².